The van der Waals surface area contributed by atoms with Crippen LogP contribution < -0.4 is 20.3 Å². The summed E-state index contributed by atoms with van der Waals surface area (Å²) in [5.74, 6) is 1.47. The second-order valence-corrected chi connectivity index (χ2v) is 10.5. The normalized spacial score (nSPS) is 15.1. The Morgan fingerprint density at radius 1 is 1.11 bits per heavy atom. The summed E-state index contributed by atoms with van der Waals surface area (Å²) in [5.41, 5.74) is 2.64. The van der Waals surface area contributed by atoms with Gasteiger partial charge in [-0.05, 0) is 70.8 Å². The molecule has 0 aliphatic carbocycles. The van der Waals surface area contributed by atoms with E-state index in [1.807, 2.05) is 32.4 Å². The van der Waals surface area contributed by atoms with E-state index in [0.29, 0.717) is 16.9 Å². The third-order valence-corrected chi connectivity index (χ3v) is 7.66. The Kier molecular flexibility index (Phi) is 7.49. The van der Waals surface area contributed by atoms with Crippen LogP contribution in [-0.2, 0) is 18.4 Å². The molecule has 9 heteroatoms. The molecule has 0 bridgehead atoms. The molecule has 1 aromatic carbocycles. The average Bonchev–Trinajstić information content (AvgIpc) is 3.25. The number of methoxy groups -OCH3 is 2. The van der Waals surface area contributed by atoms with Gasteiger partial charge in [-0.3, -0.25) is 9.59 Å². The Bertz CT molecular complexity index is 1260. The van der Waals surface area contributed by atoms with Crippen LogP contribution in [0.15, 0.2) is 29.2 Å². The Morgan fingerprint density at radius 2 is 1.74 bits per heavy atom. The molecule has 1 aliphatic rings. The highest BCUT2D eigenvalue weighted by atomic mass is 32.1. The molecule has 188 valence electrons. The highest BCUT2D eigenvalue weighted by Gasteiger charge is 2.24. The second-order valence-electron chi connectivity index (χ2n) is 9.48. The summed E-state index contributed by atoms with van der Waals surface area (Å²) in [5, 5.41) is 4.35. The molecule has 1 saturated heterocycles. The van der Waals surface area contributed by atoms with E-state index in [4.69, 9.17) is 9.47 Å². The molecule has 4 rings (SSSR count). The van der Waals surface area contributed by atoms with Gasteiger partial charge in [0, 0.05) is 31.3 Å². The first-order valence-corrected chi connectivity index (χ1v) is 12.6. The van der Waals surface area contributed by atoms with Crippen LogP contribution in [0.25, 0.3) is 21.2 Å². The largest absolute Gasteiger partial charge is 0.496 e. The van der Waals surface area contributed by atoms with E-state index in [9.17, 15) is 9.59 Å². The highest BCUT2D eigenvalue weighted by Crippen LogP contribution is 2.40. The number of aryl methyl sites for hydroxylation is 1. The van der Waals surface area contributed by atoms with E-state index in [2.05, 4.69) is 22.2 Å². The van der Waals surface area contributed by atoms with Crippen LogP contribution >= 0.6 is 11.3 Å². The summed E-state index contributed by atoms with van der Waals surface area (Å²) in [6.45, 7) is 2.51. The maximum atomic E-state index is 13.0. The molecular weight excluding hydrogens is 464 g/mol. The van der Waals surface area contributed by atoms with E-state index in [-0.39, 0.29) is 17.4 Å². The van der Waals surface area contributed by atoms with Crippen LogP contribution in [0.1, 0.15) is 18.4 Å². The lowest BCUT2D eigenvalue weighted by Crippen LogP contribution is -2.35. The number of rotatable bonds is 7. The summed E-state index contributed by atoms with van der Waals surface area (Å²) >= 11 is 1.43. The number of amides is 1. The minimum atomic E-state index is -0.0945. The maximum Gasteiger partial charge on any atom is 0.259 e. The van der Waals surface area contributed by atoms with Crippen molar-refractivity contribution in [3.05, 3.63) is 40.3 Å². The van der Waals surface area contributed by atoms with Gasteiger partial charge in [-0.25, -0.2) is 0 Å². The molecule has 0 spiro atoms. The summed E-state index contributed by atoms with van der Waals surface area (Å²) in [4.78, 5) is 30.2. The van der Waals surface area contributed by atoms with Crippen molar-refractivity contribution in [2.24, 2.45) is 13.0 Å². The smallest absolute Gasteiger partial charge is 0.259 e. The first kappa shape index (κ1) is 25.2. The molecule has 1 aliphatic heterocycles. The minimum Gasteiger partial charge on any atom is -0.496 e. The predicted octanol–water partition coefficient (Wildman–Crippen LogP) is 3.63. The number of likely N-dealkylation sites (tertiary alicyclic amines) is 1. The van der Waals surface area contributed by atoms with Crippen LogP contribution in [0, 0.1) is 5.92 Å². The molecule has 0 unspecified atom stereocenters. The molecule has 0 atom stereocenters. The molecule has 1 fully saturated rings. The van der Waals surface area contributed by atoms with Crippen LogP contribution in [0.4, 0.5) is 5.00 Å². The number of anilines is 1. The van der Waals surface area contributed by atoms with E-state index in [1.165, 1.54) is 11.3 Å². The van der Waals surface area contributed by atoms with Crippen molar-refractivity contribution < 1.29 is 14.3 Å². The van der Waals surface area contributed by atoms with Gasteiger partial charge in [0.15, 0.2) is 0 Å². The number of benzene rings is 1. The SMILES string of the molecule is COc1cc(-c2cn(C)c(=O)c3cc(NC(=O)C4CCN(C)CC4)sc23)cc(OC)c1CN(C)C. The van der Waals surface area contributed by atoms with E-state index >= 15 is 0 Å². The number of carbonyl (C=O) groups is 1. The van der Waals surface area contributed by atoms with Crippen LogP contribution in [0.2, 0.25) is 0 Å². The molecule has 35 heavy (non-hydrogen) atoms. The number of pyridine rings is 1. The number of fused-ring (bicyclic) bond motifs is 1. The molecule has 3 heterocycles. The van der Waals surface area contributed by atoms with Crippen molar-refractivity contribution in [2.75, 3.05) is 53.8 Å². The van der Waals surface area contributed by atoms with Gasteiger partial charge in [0.1, 0.15) is 11.5 Å². The molecule has 0 saturated carbocycles. The molecule has 1 amide bonds. The number of carbonyl (C=O) groups excluding carboxylic acids is 1. The lowest BCUT2D eigenvalue weighted by Gasteiger charge is -2.27. The van der Waals surface area contributed by atoms with Crippen LogP contribution in [0.5, 0.6) is 11.5 Å². The molecule has 1 N–H and O–H groups in total. The lowest BCUT2D eigenvalue weighted by atomic mass is 9.96. The fourth-order valence-corrected chi connectivity index (χ4v) is 5.71. The number of hydrogen-bond donors (Lipinski definition) is 1. The molecule has 3 aromatic rings. The zero-order valence-electron chi connectivity index (χ0n) is 21.3. The van der Waals surface area contributed by atoms with Crippen molar-refractivity contribution in [3.63, 3.8) is 0 Å². The van der Waals surface area contributed by atoms with Gasteiger partial charge in [0.2, 0.25) is 5.91 Å². The van der Waals surface area contributed by atoms with Gasteiger partial charge >= 0.3 is 0 Å². The molecule has 0 radical (unpaired) electrons. The van der Waals surface area contributed by atoms with Crippen molar-refractivity contribution in [2.45, 2.75) is 19.4 Å². The van der Waals surface area contributed by atoms with E-state index in [1.54, 1.807) is 31.9 Å². The number of ether oxygens (including phenoxy) is 2. The standard InChI is InChI=1S/C26H34N4O4S/c1-28(2)14-20-21(33-5)11-17(12-22(20)34-6)19-15-30(4)26(32)18-13-23(35-24(18)19)27-25(31)16-7-9-29(3)10-8-16/h11-13,15-16H,7-10,14H2,1-6H3,(H,27,31). The van der Waals surface area contributed by atoms with Gasteiger partial charge in [0.25, 0.3) is 5.56 Å². The van der Waals surface area contributed by atoms with Gasteiger partial charge in [-0.1, -0.05) is 0 Å². The number of thiophene rings is 1. The number of nitrogens with one attached hydrogen (secondary N) is 1. The third kappa shape index (κ3) is 5.22. The summed E-state index contributed by atoms with van der Waals surface area (Å²) < 4.78 is 13.8. The van der Waals surface area contributed by atoms with Gasteiger partial charge in [-0.15, -0.1) is 11.3 Å². The summed E-state index contributed by atoms with van der Waals surface area (Å²) in [6.07, 6.45) is 3.53. The average molecular weight is 499 g/mol. The summed E-state index contributed by atoms with van der Waals surface area (Å²) in [7, 11) is 11.1. The number of nitrogens with zero attached hydrogens (tertiary/aromatic N) is 3. The highest BCUT2D eigenvalue weighted by molar-refractivity contribution is 7.23. The topological polar surface area (TPSA) is 76.0 Å². The van der Waals surface area contributed by atoms with Gasteiger partial charge in [-0.2, -0.15) is 0 Å². The molecular formula is C26H34N4O4S. The Morgan fingerprint density at radius 3 is 2.31 bits per heavy atom. The van der Waals surface area contributed by atoms with Crippen molar-refractivity contribution in [1.29, 1.82) is 0 Å². The Labute approximate surface area is 210 Å². The maximum absolute atomic E-state index is 13.0. The first-order chi connectivity index (χ1) is 16.7. The zero-order valence-corrected chi connectivity index (χ0v) is 22.1. The zero-order chi connectivity index (χ0) is 25.3. The summed E-state index contributed by atoms with van der Waals surface area (Å²) in [6, 6.07) is 5.77. The number of hydrogen-bond acceptors (Lipinski definition) is 7. The van der Waals surface area contributed by atoms with Crippen LogP contribution in [0.3, 0.4) is 0 Å². The number of piperidine rings is 1. The molecule has 2 aromatic heterocycles. The number of aromatic nitrogens is 1. The fourth-order valence-electron chi connectivity index (χ4n) is 4.62. The van der Waals surface area contributed by atoms with Crippen molar-refractivity contribution in [3.8, 4) is 22.6 Å². The first-order valence-electron chi connectivity index (χ1n) is 11.7. The quantitative estimate of drug-likeness (QED) is 0.536. The predicted molar refractivity (Wildman–Crippen MR) is 142 cm³/mol. The second kappa shape index (κ2) is 10.4. The van der Waals surface area contributed by atoms with Crippen molar-refractivity contribution >= 4 is 32.3 Å². The van der Waals surface area contributed by atoms with Gasteiger partial charge < -0.3 is 29.2 Å². The fraction of sp³-hybridized carbons (Fsp3) is 0.462. The Balaban J connectivity index is 1.76. The van der Waals surface area contributed by atoms with Crippen LogP contribution in [-0.4, -0.2) is 68.7 Å². The molecule has 8 nitrogen and oxygen atoms in total. The third-order valence-electron chi connectivity index (χ3n) is 6.58. The lowest BCUT2D eigenvalue weighted by molar-refractivity contribution is -0.121. The van der Waals surface area contributed by atoms with Crippen molar-refractivity contribution in [1.82, 2.24) is 14.4 Å². The Hall–Kier alpha value is -2.88. The van der Waals surface area contributed by atoms with Gasteiger partial charge in [0.05, 0.1) is 34.9 Å². The monoisotopic (exact) mass is 498 g/mol. The van der Waals surface area contributed by atoms with E-state index in [0.717, 1.165) is 58.8 Å². The minimum absolute atomic E-state index is 0.00326. The van der Waals surface area contributed by atoms with E-state index < -0.39 is 0 Å².